The van der Waals surface area contributed by atoms with Crippen LogP contribution in [0.15, 0.2) is 30.3 Å². The lowest BCUT2D eigenvalue weighted by Gasteiger charge is -2.30. The average Bonchev–Trinajstić information content (AvgIpc) is 2.38. The van der Waals surface area contributed by atoms with Gasteiger partial charge in [0.2, 0.25) is 0 Å². The lowest BCUT2D eigenvalue weighted by molar-refractivity contribution is 0.428. The van der Waals surface area contributed by atoms with Crippen molar-refractivity contribution in [1.29, 1.82) is 0 Å². The van der Waals surface area contributed by atoms with Gasteiger partial charge in [-0.3, -0.25) is 0 Å². The number of hydrogen-bond acceptors (Lipinski definition) is 3. The first-order valence-electron chi connectivity index (χ1n) is 6.93. The lowest BCUT2D eigenvalue weighted by atomic mass is 9.96. The van der Waals surface area contributed by atoms with Crippen LogP contribution in [0.2, 0.25) is 0 Å². The first-order valence-corrected chi connectivity index (χ1v) is 8.65. The minimum Gasteiger partial charge on any atom is -0.309 e. The summed E-state index contributed by atoms with van der Waals surface area (Å²) in [5, 5.41) is 2.95. The maximum absolute atomic E-state index is 12.4. The molecule has 19 heavy (non-hydrogen) atoms. The van der Waals surface area contributed by atoms with E-state index in [2.05, 4.69) is 5.32 Å². The van der Waals surface area contributed by atoms with Gasteiger partial charge in [0.1, 0.15) is 0 Å². The van der Waals surface area contributed by atoms with E-state index < -0.39 is 9.84 Å². The summed E-state index contributed by atoms with van der Waals surface area (Å²) in [5.41, 5.74) is 1.04. The van der Waals surface area contributed by atoms with Crippen LogP contribution >= 0.6 is 0 Å². The highest BCUT2D eigenvalue weighted by Gasteiger charge is 2.35. The van der Waals surface area contributed by atoms with Crippen LogP contribution in [0.1, 0.15) is 39.3 Å². The van der Waals surface area contributed by atoms with E-state index in [-0.39, 0.29) is 23.0 Å². The minimum absolute atomic E-state index is 0.0780. The van der Waals surface area contributed by atoms with Gasteiger partial charge in [-0.15, -0.1) is 0 Å². The molecule has 0 aromatic heterocycles. The summed E-state index contributed by atoms with van der Waals surface area (Å²) in [5.74, 6) is 0.263. The van der Waals surface area contributed by atoms with Crippen molar-refractivity contribution in [2.45, 2.75) is 39.0 Å². The Morgan fingerprint density at radius 1 is 1.11 bits per heavy atom. The van der Waals surface area contributed by atoms with Gasteiger partial charge in [0.15, 0.2) is 9.84 Å². The first-order chi connectivity index (χ1) is 8.94. The average molecular weight is 283 g/mol. The van der Waals surface area contributed by atoms with Crippen LogP contribution in [-0.4, -0.2) is 26.0 Å². The topological polar surface area (TPSA) is 46.2 Å². The summed E-state index contributed by atoms with van der Waals surface area (Å²) < 4.78 is 24.8. The van der Waals surface area contributed by atoms with Crippen LogP contribution in [0.3, 0.4) is 0 Å². The first kappa shape index (κ1) is 16.2. The van der Waals surface area contributed by atoms with Crippen LogP contribution < -0.4 is 5.32 Å². The number of sulfone groups is 1. The molecule has 0 heterocycles. The van der Waals surface area contributed by atoms with E-state index in [1.807, 2.05) is 51.1 Å². The molecule has 0 saturated carbocycles. The summed E-state index contributed by atoms with van der Waals surface area (Å²) in [7, 11) is -3.09. The van der Waals surface area contributed by atoms with E-state index in [4.69, 9.17) is 0 Å². The molecule has 0 bridgehead atoms. The van der Waals surface area contributed by atoms with E-state index in [0.717, 1.165) is 12.1 Å². The molecule has 0 aliphatic heterocycles. The van der Waals surface area contributed by atoms with Crippen molar-refractivity contribution in [2.24, 2.45) is 5.92 Å². The maximum atomic E-state index is 12.4. The second kappa shape index (κ2) is 7.06. The summed E-state index contributed by atoms with van der Waals surface area (Å²) >= 11 is 0. The van der Waals surface area contributed by atoms with Gasteiger partial charge in [-0.2, -0.15) is 0 Å². The molecule has 0 saturated heterocycles. The van der Waals surface area contributed by atoms with Gasteiger partial charge in [-0.25, -0.2) is 8.42 Å². The Balaban J connectivity index is 3.22. The Morgan fingerprint density at radius 2 is 1.68 bits per heavy atom. The molecule has 1 rings (SSSR count). The van der Waals surface area contributed by atoms with Crippen molar-refractivity contribution < 1.29 is 8.42 Å². The molecule has 0 amide bonds. The number of hydrogen-bond donors (Lipinski definition) is 1. The van der Waals surface area contributed by atoms with E-state index >= 15 is 0 Å². The van der Waals surface area contributed by atoms with Crippen molar-refractivity contribution in [1.82, 2.24) is 5.32 Å². The zero-order valence-corrected chi connectivity index (χ0v) is 13.1. The standard InChI is InChI=1S/C15H25NO2S/c1-5-16-14(13-10-8-7-9-11-13)15(12(3)4)19(17,18)6-2/h7-12,14-16H,5-6H2,1-4H3. The Kier molecular flexibility index (Phi) is 6.01. The van der Waals surface area contributed by atoms with Crippen molar-refractivity contribution in [3.05, 3.63) is 35.9 Å². The Labute approximate surface area is 117 Å². The van der Waals surface area contributed by atoms with Crippen molar-refractivity contribution in [3.8, 4) is 0 Å². The number of rotatable bonds is 7. The van der Waals surface area contributed by atoms with Crippen LogP contribution in [0.4, 0.5) is 0 Å². The molecule has 2 atom stereocenters. The van der Waals surface area contributed by atoms with Crippen molar-refractivity contribution in [3.63, 3.8) is 0 Å². The highest BCUT2D eigenvalue weighted by molar-refractivity contribution is 7.92. The predicted octanol–water partition coefficient (Wildman–Crippen LogP) is 2.80. The molecule has 0 aliphatic carbocycles. The second-order valence-electron chi connectivity index (χ2n) is 5.11. The molecule has 1 aromatic carbocycles. The van der Waals surface area contributed by atoms with E-state index in [0.29, 0.717) is 0 Å². The van der Waals surface area contributed by atoms with Gasteiger partial charge in [-0.1, -0.05) is 58.0 Å². The molecule has 0 fully saturated rings. The third-order valence-corrected chi connectivity index (χ3v) is 5.84. The molecule has 0 spiro atoms. The zero-order valence-electron chi connectivity index (χ0n) is 12.3. The molecular weight excluding hydrogens is 258 g/mol. The quantitative estimate of drug-likeness (QED) is 0.837. The number of nitrogens with one attached hydrogen (secondary N) is 1. The van der Waals surface area contributed by atoms with Gasteiger partial charge in [0, 0.05) is 11.8 Å². The normalized spacial score (nSPS) is 15.4. The third kappa shape index (κ3) is 4.05. The van der Waals surface area contributed by atoms with Gasteiger partial charge >= 0.3 is 0 Å². The molecule has 108 valence electrons. The van der Waals surface area contributed by atoms with Crippen LogP contribution in [0.5, 0.6) is 0 Å². The molecular formula is C15H25NO2S. The van der Waals surface area contributed by atoms with Crippen molar-refractivity contribution in [2.75, 3.05) is 12.3 Å². The fraction of sp³-hybridized carbons (Fsp3) is 0.600. The van der Waals surface area contributed by atoms with Gasteiger partial charge in [0.25, 0.3) is 0 Å². The van der Waals surface area contributed by atoms with E-state index in [9.17, 15) is 8.42 Å². The molecule has 0 radical (unpaired) electrons. The van der Waals surface area contributed by atoms with Gasteiger partial charge in [0.05, 0.1) is 5.25 Å². The highest BCUT2D eigenvalue weighted by Crippen LogP contribution is 2.28. The third-order valence-electron chi connectivity index (χ3n) is 3.39. The minimum atomic E-state index is -3.09. The summed E-state index contributed by atoms with van der Waals surface area (Å²) in [4.78, 5) is 0. The van der Waals surface area contributed by atoms with E-state index in [1.165, 1.54) is 0 Å². The monoisotopic (exact) mass is 283 g/mol. The largest absolute Gasteiger partial charge is 0.309 e. The second-order valence-corrected chi connectivity index (χ2v) is 7.55. The smallest absolute Gasteiger partial charge is 0.155 e. The molecule has 3 nitrogen and oxygen atoms in total. The predicted molar refractivity (Wildman–Crippen MR) is 80.9 cm³/mol. The zero-order chi connectivity index (χ0) is 14.5. The SMILES string of the molecule is CCNC(c1ccccc1)C(C(C)C)S(=O)(=O)CC. The molecule has 4 heteroatoms. The van der Waals surface area contributed by atoms with Crippen LogP contribution in [0.25, 0.3) is 0 Å². The summed E-state index contributed by atoms with van der Waals surface area (Å²) in [6.07, 6.45) is 0. The van der Waals surface area contributed by atoms with E-state index in [1.54, 1.807) is 6.92 Å². The van der Waals surface area contributed by atoms with Gasteiger partial charge < -0.3 is 5.32 Å². The maximum Gasteiger partial charge on any atom is 0.155 e. The van der Waals surface area contributed by atoms with Crippen LogP contribution in [-0.2, 0) is 9.84 Å². The highest BCUT2D eigenvalue weighted by atomic mass is 32.2. The summed E-state index contributed by atoms with van der Waals surface area (Å²) in [6, 6.07) is 9.70. The Bertz CT molecular complexity index is 468. The molecule has 0 aliphatic rings. The molecule has 1 aromatic rings. The summed E-state index contributed by atoms with van der Waals surface area (Å²) in [6.45, 7) is 8.43. The fourth-order valence-corrected chi connectivity index (χ4v) is 4.39. The molecule has 1 N–H and O–H groups in total. The Morgan fingerprint density at radius 3 is 2.11 bits per heavy atom. The lowest BCUT2D eigenvalue weighted by Crippen LogP contribution is -2.41. The molecule has 2 unspecified atom stereocenters. The van der Waals surface area contributed by atoms with Crippen LogP contribution in [0, 0.1) is 5.92 Å². The Hall–Kier alpha value is -0.870. The van der Waals surface area contributed by atoms with Gasteiger partial charge in [-0.05, 0) is 18.0 Å². The van der Waals surface area contributed by atoms with Crippen molar-refractivity contribution >= 4 is 9.84 Å². The fourth-order valence-electron chi connectivity index (χ4n) is 2.50. The number of benzene rings is 1.